The average Bonchev–Trinajstić information content (AvgIpc) is 3.13. The lowest BCUT2D eigenvalue weighted by Crippen LogP contribution is -2.20. The molecule has 1 aliphatic carbocycles. The quantitative estimate of drug-likeness (QED) is 0.391. The first-order chi connectivity index (χ1) is 15.2. The zero-order valence-corrected chi connectivity index (χ0v) is 18.1. The molecule has 156 valence electrons. The zero-order chi connectivity index (χ0) is 21.2. The van der Waals surface area contributed by atoms with Gasteiger partial charge >= 0.3 is 0 Å². The van der Waals surface area contributed by atoms with Gasteiger partial charge in [0.05, 0.1) is 0 Å². The molecule has 31 heavy (non-hydrogen) atoms. The van der Waals surface area contributed by atoms with E-state index in [2.05, 4.69) is 71.1 Å². The summed E-state index contributed by atoms with van der Waals surface area (Å²) in [6, 6.07) is 21.4. The van der Waals surface area contributed by atoms with Gasteiger partial charge in [0, 0.05) is 47.9 Å². The number of ketones is 1. The Labute approximate surface area is 183 Å². The highest BCUT2D eigenvalue weighted by Crippen LogP contribution is 2.40. The minimum atomic E-state index is 0.00425. The number of carbonyl (C=O) groups excluding carboxylic acids is 1. The van der Waals surface area contributed by atoms with Crippen molar-refractivity contribution in [2.24, 2.45) is 0 Å². The molecule has 1 unspecified atom stereocenters. The maximum absolute atomic E-state index is 13.4. The van der Waals surface area contributed by atoms with E-state index in [1.165, 1.54) is 33.3 Å². The Morgan fingerprint density at radius 2 is 1.87 bits per heavy atom. The lowest BCUT2D eigenvalue weighted by atomic mass is 9.81. The highest BCUT2D eigenvalue weighted by molar-refractivity contribution is 5.95. The lowest BCUT2D eigenvalue weighted by molar-refractivity contribution is -0.120. The second-order valence-electron chi connectivity index (χ2n) is 8.72. The number of aryl methyl sites for hydroxylation is 2. The second-order valence-corrected chi connectivity index (χ2v) is 8.72. The molecule has 3 nitrogen and oxygen atoms in total. The number of carbonyl (C=O) groups is 1. The molecule has 2 aromatic carbocycles. The maximum Gasteiger partial charge on any atom is 0.140 e. The van der Waals surface area contributed by atoms with Crippen LogP contribution in [0, 0.1) is 6.92 Å². The number of fused-ring (bicyclic) bond motifs is 3. The van der Waals surface area contributed by atoms with Crippen LogP contribution in [0.1, 0.15) is 53.1 Å². The fourth-order valence-corrected chi connectivity index (χ4v) is 5.03. The molecule has 2 aromatic heterocycles. The molecule has 1 atom stereocenters. The van der Waals surface area contributed by atoms with Crippen molar-refractivity contribution in [3.8, 4) is 0 Å². The predicted molar refractivity (Wildman–Crippen MR) is 125 cm³/mol. The van der Waals surface area contributed by atoms with E-state index in [4.69, 9.17) is 0 Å². The van der Waals surface area contributed by atoms with Gasteiger partial charge in [-0.2, -0.15) is 0 Å². The van der Waals surface area contributed by atoms with Gasteiger partial charge in [0.15, 0.2) is 0 Å². The number of benzene rings is 2. The molecule has 0 aliphatic heterocycles. The average molecular weight is 409 g/mol. The van der Waals surface area contributed by atoms with Crippen molar-refractivity contribution in [2.75, 3.05) is 0 Å². The van der Waals surface area contributed by atoms with Crippen LogP contribution in [-0.2, 0) is 24.2 Å². The third-order valence-corrected chi connectivity index (χ3v) is 6.61. The molecule has 1 aliphatic rings. The molecule has 0 fully saturated rings. The standard InChI is InChI=1S/C28H28N2O/c1-20-11-13-22(14-12-20)19-30-25-9-3-2-7-23(25)28-24(8-4-10-26(28)30)27(31)16-15-21-6-5-17-29-18-21/h2-3,5-7,9,11-14,17-18,24H,4,8,10,15-16,19H2,1H3. The minimum absolute atomic E-state index is 0.00425. The van der Waals surface area contributed by atoms with Gasteiger partial charge in [0.25, 0.3) is 0 Å². The van der Waals surface area contributed by atoms with Crippen LogP contribution >= 0.6 is 0 Å². The molecule has 5 rings (SSSR count). The first kappa shape index (κ1) is 19.7. The van der Waals surface area contributed by atoms with Crippen LogP contribution in [0.5, 0.6) is 0 Å². The number of hydrogen-bond acceptors (Lipinski definition) is 2. The highest BCUT2D eigenvalue weighted by atomic mass is 16.1. The Hall–Kier alpha value is -3.20. The van der Waals surface area contributed by atoms with Crippen LogP contribution in [0.3, 0.4) is 0 Å². The Morgan fingerprint density at radius 3 is 2.68 bits per heavy atom. The Bertz CT molecular complexity index is 1210. The van der Waals surface area contributed by atoms with Gasteiger partial charge in [-0.3, -0.25) is 9.78 Å². The van der Waals surface area contributed by atoms with Crippen molar-refractivity contribution in [1.82, 2.24) is 9.55 Å². The first-order valence-electron chi connectivity index (χ1n) is 11.3. The van der Waals surface area contributed by atoms with E-state index in [0.29, 0.717) is 12.2 Å². The number of Topliss-reactive ketones (excluding diaryl/α,β-unsaturated/α-hetero) is 1. The Morgan fingerprint density at radius 1 is 1.03 bits per heavy atom. The molecule has 0 amide bonds. The van der Waals surface area contributed by atoms with Crippen molar-refractivity contribution in [3.63, 3.8) is 0 Å². The number of nitrogens with zero attached hydrogens (tertiary/aromatic N) is 2. The van der Waals surface area contributed by atoms with E-state index in [0.717, 1.165) is 37.8 Å². The Kier molecular flexibility index (Phi) is 5.42. The highest BCUT2D eigenvalue weighted by Gasteiger charge is 2.31. The van der Waals surface area contributed by atoms with Crippen molar-refractivity contribution in [2.45, 2.75) is 51.5 Å². The summed E-state index contributed by atoms with van der Waals surface area (Å²) in [5.74, 6) is 0.368. The zero-order valence-electron chi connectivity index (χ0n) is 18.1. The summed E-state index contributed by atoms with van der Waals surface area (Å²) < 4.78 is 2.45. The third kappa shape index (κ3) is 3.93. The topological polar surface area (TPSA) is 34.9 Å². The van der Waals surface area contributed by atoms with Crippen molar-refractivity contribution < 1.29 is 4.79 Å². The van der Waals surface area contributed by atoms with Gasteiger partial charge in [0.1, 0.15) is 5.78 Å². The molecule has 0 spiro atoms. The monoisotopic (exact) mass is 408 g/mol. The van der Waals surface area contributed by atoms with Crippen molar-refractivity contribution >= 4 is 16.7 Å². The third-order valence-electron chi connectivity index (χ3n) is 6.61. The number of aromatic nitrogens is 2. The summed E-state index contributed by atoms with van der Waals surface area (Å²) in [7, 11) is 0. The van der Waals surface area contributed by atoms with E-state index in [9.17, 15) is 4.79 Å². The van der Waals surface area contributed by atoms with E-state index in [1.807, 2.05) is 12.3 Å². The number of para-hydroxylation sites is 1. The van der Waals surface area contributed by atoms with Gasteiger partial charge < -0.3 is 4.57 Å². The van der Waals surface area contributed by atoms with Crippen LogP contribution in [0.4, 0.5) is 0 Å². The van der Waals surface area contributed by atoms with E-state index >= 15 is 0 Å². The Balaban J connectivity index is 1.49. The van der Waals surface area contributed by atoms with Gasteiger partial charge in [-0.05, 0) is 61.4 Å². The van der Waals surface area contributed by atoms with Crippen LogP contribution in [0.25, 0.3) is 10.9 Å². The fraction of sp³-hybridized carbons (Fsp3) is 0.286. The second kappa shape index (κ2) is 8.50. The van der Waals surface area contributed by atoms with E-state index in [-0.39, 0.29) is 5.92 Å². The smallest absolute Gasteiger partial charge is 0.140 e. The number of pyridine rings is 1. The van der Waals surface area contributed by atoms with Crippen molar-refractivity contribution in [3.05, 3.63) is 101 Å². The first-order valence-corrected chi connectivity index (χ1v) is 11.3. The summed E-state index contributed by atoms with van der Waals surface area (Å²) in [5.41, 5.74) is 7.60. The molecule has 0 saturated carbocycles. The summed E-state index contributed by atoms with van der Waals surface area (Å²) >= 11 is 0. The summed E-state index contributed by atoms with van der Waals surface area (Å²) in [6.07, 6.45) is 8.06. The fourth-order valence-electron chi connectivity index (χ4n) is 5.03. The summed E-state index contributed by atoms with van der Waals surface area (Å²) in [5, 5.41) is 1.25. The number of hydrogen-bond donors (Lipinski definition) is 0. The van der Waals surface area contributed by atoms with E-state index in [1.54, 1.807) is 6.20 Å². The summed E-state index contributed by atoms with van der Waals surface area (Å²) in [4.78, 5) is 17.5. The van der Waals surface area contributed by atoms with Crippen LogP contribution in [0.15, 0.2) is 73.1 Å². The molecule has 0 radical (unpaired) electrons. The van der Waals surface area contributed by atoms with Crippen molar-refractivity contribution in [1.29, 1.82) is 0 Å². The van der Waals surface area contributed by atoms with Crippen LogP contribution < -0.4 is 0 Å². The SMILES string of the molecule is Cc1ccc(Cn2c3c(c4ccccc42)C(C(=O)CCc2cccnc2)CCC3)cc1. The molecule has 2 heterocycles. The molecule has 4 aromatic rings. The van der Waals surface area contributed by atoms with Gasteiger partial charge in [-0.15, -0.1) is 0 Å². The largest absolute Gasteiger partial charge is 0.340 e. The summed E-state index contributed by atoms with van der Waals surface area (Å²) in [6.45, 7) is 2.98. The molecule has 0 bridgehead atoms. The predicted octanol–water partition coefficient (Wildman–Crippen LogP) is 6.01. The molecular weight excluding hydrogens is 380 g/mol. The molecule has 0 N–H and O–H groups in total. The normalized spacial score (nSPS) is 15.7. The number of rotatable bonds is 6. The van der Waals surface area contributed by atoms with Gasteiger partial charge in [-0.1, -0.05) is 54.1 Å². The van der Waals surface area contributed by atoms with Crippen LogP contribution in [-0.4, -0.2) is 15.3 Å². The van der Waals surface area contributed by atoms with Gasteiger partial charge in [0.2, 0.25) is 0 Å². The van der Waals surface area contributed by atoms with Gasteiger partial charge in [-0.25, -0.2) is 0 Å². The van der Waals surface area contributed by atoms with Crippen LogP contribution in [0.2, 0.25) is 0 Å². The molecule has 3 heteroatoms. The molecule has 0 saturated heterocycles. The molecular formula is C28H28N2O. The minimum Gasteiger partial charge on any atom is -0.340 e. The lowest BCUT2D eigenvalue weighted by Gasteiger charge is -2.24. The van der Waals surface area contributed by atoms with E-state index < -0.39 is 0 Å². The maximum atomic E-state index is 13.4.